The van der Waals surface area contributed by atoms with Gasteiger partial charge >= 0.3 is 0 Å². The van der Waals surface area contributed by atoms with Crippen LogP contribution in [0.5, 0.6) is 0 Å². The van der Waals surface area contributed by atoms with Gasteiger partial charge in [0.15, 0.2) is 0 Å². The van der Waals surface area contributed by atoms with E-state index in [4.69, 9.17) is 0 Å². The van der Waals surface area contributed by atoms with Gasteiger partial charge in [0, 0.05) is 18.3 Å². The summed E-state index contributed by atoms with van der Waals surface area (Å²) in [5, 5.41) is 1.33. The number of benzene rings is 1. The molecule has 1 nitrogen and oxygen atoms in total. The Morgan fingerprint density at radius 2 is 1.77 bits per heavy atom. The van der Waals surface area contributed by atoms with Crippen molar-refractivity contribution in [3.8, 4) is 0 Å². The Bertz CT molecular complexity index is 398. The lowest BCUT2D eigenvalue weighted by atomic mass is 10.2. The van der Waals surface area contributed by atoms with Gasteiger partial charge in [-0.3, -0.25) is 0 Å². The molecule has 0 bridgehead atoms. The number of fused-ring (bicyclic) bond motifs is 1. The molecular weight excluding hydrogens is 158 g/mol. The molecule has 68 valence electrons. The predicted molar refractivity (Wildman–Crippen MR) is 58.9 cm³/mol. The topological polar surface area (TPSA) is 4.93 Å². The summed E-state index contributed by atoms with van der Waals surface area (Å²) in [6.45, 7) is 8.12. The lowest BCUT2D eigenvalue weighted by molar-refractivity contribution is 0.918. The van der Waals surface area contributed by atoms with E-state index in [9.17, 15) is 0 Å². The molecule has 0 unspecified atom stereocenters. The van der Waals surface area contributed by atoms with Crippen molar-refractivity contribution in [3.63, 3.8) is 0 Å². The van der Waals surface area contributed by atoms with Crippen LogP contribution in [0.25, 0.3) is 10.9 Å². The zero-order valence-electron chi connectivity index (χ0n) is 8.25. The normalized spacial score (nSPS) is 9.38. The van der Waals surface area contributed by atoms with E-state index in [0.29, 0.717) is 0 Å². The van der Waals surface area contributed by atoms with Gasteiger partial charge in [-0.1, -0.05) is 18.2 Å². The van der Waals surface area contributed by atoms with Crippen LogP contribution in [-0.4, -0.2) is 4.57 Å². The number of hydrogen-bond donors (Lipinski definition) is 0. The van der Waals surface area contributed by atoms with Crippen molar-refractivity contribution in [1.82, 2.24) is 4.57 Å². The molecule has 0 aliphatic rings. The Morgan fingerprint density at radius 3 is 2.38 bits per heavy atom. The Kier molecular flexibility index (Phi) is 2.91. The third-order valence-corrected chi connectivity index (χ3v) is 2.19. The highest BCUT2D eigenvalue weighted by atomic mass is 14.9. The standard InChI is InChI=1S/C10H11N.C2H4/c1-8-7-9-5-3-4-6-10(9)11(8)2;1-2/h3-7H,1-2H3;1-2H2. The van der Waals surface area contributed by atoms with E-state index in [1.807, 2.05) is 0 Å². The first-order valence-corrected chi connectivity index (χ1v) is 4.30. The Labute approximate surface area is 79.3 Å². The highest BCUT2D eigenvalue weighted by Crippen LogP contribution is 2.16. The predicted octanol–water partition coefficient (Wildman–Crippen LogP) is 3.29. The molecule has 0 radical (unpaired) electrons. The van der Waals surface area contributed by atoms with Crippen molar-refractivity contribution in [1.29, 1.82) is 0 Å². The van der Waals surface area contributed by atoms with Crippen LogP contribution in [0.3, 0.4) is 0 Å². The molecule has 1 heteroatoms. The smallest absolute Gasteiger partial charge is 0.0479 e. The van der Waals surface area contributed by atoms with Crippen LogP contribution in [0.4, 0.5) is 0 Å². The Hall–Kier alpha value is -1.50. The van der Waals surface area contributed by atoms with Crippen molar-refractivity contribution < 1.29 is 0 Å². The van der Waals surface area contributed by atoms with Crippen LogP contribution in [0.1, 0.15) is 5.69 Å². The van der Waals surface area contributed by atoms with Crippen molar-refractivity contribution in [2.75, 3.05) is 0 Å². The summed E-state index contributed by atoms with van der Waals surface area (Å²) < 4.78 is 2.20. The number of rotatable bonds is 0. The quantitative estimate of drug-likeness (QED) is 0.539. The fourth-order valence-corrected chi connectivity index (χ4v) is 1.43. The molecule has 2 rings (SSSR count). The largest absolute Gasteiger partial charge is 0.348 e. The van der Waals surface area contributed by atoms with Crippen LogP contribution in [0, 0.1) is 6.92 Å². The summed E-state index contributed by atoms with van der Waals surface area (Å²) in [6.07, 6.45) is 0. The van der Waals surface area contributed by atoms with Crippen molar-refractivity contribution in [2.45, 2.75) is 6.92 Å². The molecule has 0 amide bonds. The fraction of sp³-hybridized carbons (Fsp3) is 0.167. The lowest BCUT2D eigenvalue weighted by Gasteiger charge is -1.96. The maximum absolute atomic E-state index is 3.00. The molecule has 1 heterocycles. The van der Waals surface area contributed by atoms with Gasteiger partial charge in [-0.05, 0) is 24.4 Å². The van der Waals surface area contributed by atoms with Crippen molar-refractivity contribution >= 4 is 10.9 Å². The average Bonchev–Trinajstić information content (AvgIpc) is 2.47. The van der Waals surface area contributed by atoms with Crippen molar-refractivity contribution in [3.05, 3.63) is 49.2 Å². The summed E-state index contributed by atoms with van der Waals surface area (Å²) in [7, 11) is 2.09. The zero-order valence-corrected chi connectivity index (χ0v) is 8.25. The molecule has 0 N–H and O–H groups in total. The van der Waals surface area contributed by atoms with Crippen molar-refractivity contribution in [2.24, 2.45) is 7.05 Å². The van der Waals surface area contributed by atoms with Crippen LogP contribution in [0.15, 0.2) is 43.5 Å². The molecule has 1 aromatic heterocycles. The van der Waals surface area contributed by atoms with Gasteiger partial charge < -0.3 is 4.57 Å². The third-order valence-electron chi connectivity index (χ3n) is 2.19. The summed E-state index contributed by atoms with van der Waals surface area (Å²) in [5.41, 5.74) is 2.62. The summed E-state index contributed by atoms with van der Waals surface area (Å²) in [4.78, 5) is 0. The maximum Gasteiger partial charge on any atom is 0.0479 e. The molecule has 1 aromatic carbocycles. The van der Waals surface area contributed by atoms with Gasteiger partial charge in [-0.25, -0.2) is 0 Å². The van der Waals surface area contributed by atoms with Crippen LogP contribution >= 0.6 is 0 Å². The number of nitrogens with zero attached hydrogens (tertiary/aromatic N) is 1. The molecule has 0 saturated heterocycles. The minimum Gasteiger partial charge on any atom is -0.348 e. The molecular formula is C12H15N. The number of aryl methyl sites for hydroxylation is 2. The number of hydrogen-bond acceptors (Lipinski definition) is 0. The van der Waals surface area contributed by atoms with Crippen LogP contribution in [-0.2, 0) is 7.05 Å². The minimum atomic E-state index is 1.31. The van der Waals surface area contributed by atoms with E-state index in [2.05, 4.69) is 62.0 Å². The third kappa shape index (κ3) is 1.64. The second-order valence-electron chi connectivity index (χ2n) is 2.90. The molecule has 0 aliphatic heterocycles. The second-order valence-corrected chi connectivity index (χ2v) is 2.90. The Morgan fingerprint density at radius 1 is 1.15 bits per heavy atom. The number of para-hydroxylation sites is 1. The summed E-state index contributed by atoms with van der Waals surface area (Å²) >= 11 is 0. The Balaban J connectivity index is 0.000000396. The monoisotopic (exact) mass is 173 g/mol. The van der Waals surface area contributed by atoms with Crippen LogP contribution in [0.2, 0.25) is 0 Å². The molecule has 13 heavy (non-hydrogen) atoms. The molecule has 0 atom stereocenters. The van der Waals surface area contributed by atoms with E-state index in [0.717, 1.165) is 0 Å². The van der Waals surface area contributed by atoms with Gasteiger partial charge in [-0.2, -0.15) is 0 Å². The van der Waals surface area contributed by atoms with E-state index in [-0.39, 0.29) is 0 Å². The van der Waals surface area contributed by atoms with Gasteiger partial charge in [0.25, 0.3) is 0 Å². The van der Waals surface area contributed by atoms with Gasteiger partial charge in [0.1, 0.15) is 0 Å². The lowest BCUT2D eigenvalue weighted by Crippen LogP contribution is -1.88. The SMILES string of the molecule is C=C.Cc1cc2ccccc2n1C. The maximum atomic E-state index is 3.00. The molecule has 0 spiro atoms. The molecule has 0 aliphatic carbocycles. The van der Waals surface area contributed by atoms with E-state index in [1.165, 1.54) is 16.6 Å². The van der Waals surface area contributed by atoms with Crippen LogP contribution < -0.4 is 0 Å². The minimum absolute atomic E-state index is 1.31. The fourth-order valence-electron chi connectivity index (χ4n) is 1.43. The zero-order chi connectivity index (χ0) is 9.84. The second kappa shape index (κ2) is 3.94. The van der Waals surface area contributed by atoms with Gasteiger partial charge in [0.05, 0.1) is 0 Å². The highest BCUT2D eigenvalue weighted by Gasteiger charge is 1.98. The highest BCUT2D eigenvalue weighted by molar-refractivity contribution is 5.80. The van der Waals surface area contributed by atoms with E-state index < -0.39 is 0 Å². The molecule has 0 saturated carbocycles. The molecule has 0 fully saturated rings. The first-order chi connectivity index (χ1) is 6.29. The van der Waals surface area contributed by atoms with E-state index in [1.54, 1.807) is 0 Å². The van der Waals surface area contributed by atoms with Gasteiger partial charge in [-0.15, -0.1) is 13.2 Å². The first kappa shape index (κ1) is 9.59. The van der Waals surface area contributed by atoms with Gasteiger partial charge in [0.2, 0.25) is 0 Å². The summed E-state index contributed by atoms with van der Waals surface area (Å²) in [6, 6.07) is 10.6. The average molecular weight is 173 g/mol. The summed E-state index contributed by atoms with van der Waals surface area (Å²) in [5.74, 6) is 0. The first-order valence-electron chi connectivity index (χ1n) is 4.30. The van der Waals surface area contributed by atoms with E-state index >= 15 is 0 Å². The molecule has 2 aromatic rings. The number of aromatic nitrogens is 1.